The molecule has 4 aliphatic carbocycles. The molecule has 0 amide bonds. The smallest absolute Gasteiger partial charge is 0.456 e. The molecule has 6 rings (SSSR count). The minimum Gasteiger partial charge on any atom is -0.458 e. The molecular weight excluding hydrogens is 675 g/mol. The summed E-state index contributed by atoms with van der Waals surface area (Å²) in [6.45, 7) is 11.8. The van der Waals surface area contributed by atoms with Crippen LogP contribution in [0.3, 0.4) is 0 Å². The van der Waals surface area contributed by atoms with Gasteiger partial charge in [-0.25, -0.2) is 4.79 Å². The highest BCUT2D eigenvalue weighted by atomic mass is 19.4. The van der Waals surface area contributed by atoms with Crippen LogP contribution in [0.25, 0.3) is 0 Å². The summed E-state index contributed by atoms with van der Waals surface area (Å²) in [5.74, 6) is -8.35. The van der Waals surface area contributed by atoms with Crippen molar-refractivity contribution in [3.05, 3.63) is 46.5 Å². The molecule has 4 fully saturated rings. The third-order valence-corrected chi connectivity index (χ3v) is 12.5. The van der Waals surface area contributed by atoms with Crippen LogP contribution >= 0.6 is 0 Å². The van der Waals surface area contributed by atoms with E-state index in [1.807, 2.05) is 38.1 Å². The van der Waals surface area contributed by atoms with Crippen molar-refractivity contribution in [2.75, 3.05) is 26.4 Å². The number of carbonyl (C=O) groups is 1. The monoisotopic (exact) mass is 728 g/mol. The number of esters is 1. The molecule has 6 atom stereocenters. The number of fused-ring (bicyclic) bond motifs is 4. The van der Waals surface area contributed by atoms with Gasteiger partial charge in [-0.3, -0.25) is 0 Å². The van der Waals surface area contributed by atoms with Crippen LogP contribution in [-0.4, -0.2) is 77.3 Å². The molecule has 1 aromatic carbocycles. The minimum absolute atomic E-state index is 0.0265. The van der Waals surface area contributed by atoms with Gasteiger partial charge in [0.15, 0.2) is 5.79 Å². The van der Waals surface area contributed by atoms with Gasteiger partial charge >= 0.3 is 18.1 Å². The van der Waals surface area contributed by atoms with Crippen molar-refractivity contribution in [1.82, 2.24) is 0 Å². The SMILES string of the molecule is CC1(C)COC2(CCC3=C4[C@@H](CC[C@@]3(O)C2)[C@@H]2CC[C@@](O)(C(F)(F)C(F)(F)F)[C@@]2(C)C[C@@H]4c2ccc(CCOCC(=O)OC(C)(C)C)cc2)OC1. The van der Waals surface area contributed by atoms with E-state index in [-0.39, 0.29) is 43.8 Å². The Kier molecular flexibility index (Phi) is 9.64. The maximum absolute atomic E-state index is 15.4. The summed E-state index contributed by atoms with van der Waals surface area (Å²) < 4.78 is 96.1. The Labute approximate surface area is 297 Å². The Balaban J connectivity index is 1.32. The van der Waals surface area contributed by atoms with Gasteiger partial charge < -0.3 is 29.2 Å². The predicted molar refractivity (Wildman–Crippen MR) is 178 cm³/mol. The van der Waals surface area contributed by atoms with E-state index in [4.69, 9.17) is 18.9 Å². The van der Waals surface area contributed by atoms with E-state index in [2.05, 4.69) is 0 Å². The van der Waals surface area contributed by atoms with Crippen LogP contribution in [0.15, 0.2) is 35.4 Å². The zero-order valence-corrected chi connectivity index (χ0v) is 30.6. The third kappa shape index (κ3) is 6.78. The molecule has 5 aliphatic rings. The van der Waals surface area contributed by atoms with Crippen molar-refractivity contribution < 1.29 is 55.9 Å². The number of hydrogen-bond acceptors (Lipinski definition) is 7. The Hall–Kier alpha value is -2.12. The van der Waals surface area contributed by atoms with Crippen LogP contribution in [0.2, 0.25) is 0 Å². The summed E-state index contributed by atoms with van der Waals surface area (Å²) in [5, 5.41) is 24.0. The number of allylic oxidation sites excluding steroid dienone is 1. The van der Waals surface area contributed by atoms with E-state index in [1.54, 1.807) is 20.8 Å². The number of benzene rings is 1. The van der Waals surface area contributed by atoms with Gasteiger partial charge in [-0.05, 0) is 94.3 Å². The molecule has 12 heteroatoms. The molecular formula is C39H53F5O7. The average Bonchev–Trinajstić information content (AvgIpc) is 3.30. The summed E-state index contributed by atoms with van der Waals surface area (Å²) in [6, 6.07) is 7.43. The highest BCUT2D eigenvalue weighted by Gasteiger charge is 2.79. The largest absolute Gasteiger partial charge is 0.458 e. The second-order valence-corrected chi connectivity index (χ2v) is 17.8. The first-order valence-electron chi connectivity index (χ1n) is 18.2. The van der Waals surface area contributed by atoms with Gasteiger partial charge in [0.25, 0.3) is 0 Å². The summed E-state index contributed by atoms with van der Waals surface area (Å²) in [6.07, 6.45) is -4.38. The molecule has 286 valence electrons. The fourth-order valence-corrected chi connectivity index (χ4v) is 9.94. The van der Waals surface area contributed by atoms with E-state index in [0.29, 0.717) is 45.3 Å². The maximum atomic E-state index is 15.4. The predicted octanol–water partition coefficient (Wildman–Crippen LogP) is 7.81. The number of halogens is 5. The van der Waals surface area contributed by atoms with Gasteiger partial charge in [0.1, 0.15) is 17.8 Å². The van der Waals surface area contributed by atoms with Crippen molar-refractivity contribution in [3.63, 3.8) is 0 Å². The second kappa shape index (κ2) is 12.7. The molecule has 2 N–H and O–H groups in total. The van der Waals surface area contributed by atoms with Crippen LogP contribution in [0, 0.1) is 22.7 Å². The number of carbonyl (C=O) groups excluding carboxylic acids is 1. The van der Waals surface area contributed by atoms with Crippen molar-refractivity contribution in [2.24, 2.45) is 22.7 Å². The molecule has 1 aromatic rings. The lowest BCUT2D eigenvalue weighted by molar-refractivity contribution is -0.362. The highest BCUT2D eigenvalue weighted by Crippen LogP contribution is 2.71. The number of hydrogen-bond donors (Lipinski definition) is 2. The van der Waals surface area contributed by atoms with Gasteiger partial charge in [0, 0.05) is 29.6 Å². The molecule has 7 nitrogen and oxygen atoms in total. The van der Waals surface area contributed by atoms with Gasteiger partial charge in [0.2, 0.25) is 0 Å². The van der Waals surface area contributed by atoms with Gasteiger partial charge in [-0.1, -0.05) is 50.6 Å². The fourth-order valence-electron chi connectivity index (χ4n) is 9.94. The normalized spacial score (nSPS) is 34.9. The van der Waals surface area contributed by atoms with Crippen LogP contribution in [0.4, 0.5) is 22.0 Å². The zero-order chi connectivity index (χ0) is 37.5. The van der Waals surface area contributed by atoms with Crippen molar-refractivity contribution in [2.45, 2.75) is 140 Å². The molecule has 0 unspecified atom stereocenters. The van der Waals surface area contributed by atoms with Gasteiger partial charge in [-0.15, -0.1) is 0 Å². The second-order valence-electron chi connectivity index (χ2n) is 17.8. The van der Waals surface area contributed by atoms with Crippen LogP contribution < -0.4 is 0 Å². The highest BCUT2D eigenvalue weighted by molar-refractivity contribution is 5.71. The third-order valence-electron chi connectivity index (χ3n) is 12.5. The molecule has 1 saturated heterocycles. The number of rotatable bonds is 7. The molecule has 0 radical (unpaired) electrons. The maximum Gasteiger partial charge on any atom is 0.456 e. The average molecular weight is 729 g/mol. The lowest BCUT2D eigenvalue weighted by Gasteiger charge is -2.59. The van der Waals surface area contributed by atoms with E-state index >= 15 is 8.78 Å². The minimum atomic E-state index is -5.92. The molecule has 1 aliphatic heterocycles. The number of aliphatic hydroxyl groups is 2. The molecule has 0 aromatic heterocycles. The molecule has 0 bridgehead atoms. The van der Waals surface area contributed by atoms with E-state index in [1.165, 1.54) is 6.92 Å². The molecule has 1 spiro atoms. The summed E-state index contributed by atoms with van der Waals surface area (Å²) in [5.41, 5.74) is -3.80. The fraction of sp³-hybridized carbons (Fsp3) is 0.769. The molecule has 51 heavy (non-hydrogen) atoms. The Bertz CT molecular complexity index is 1500. The Morgan fingerprint density at radius 1 is 0.941 bits per heavy atom. The lowest BCUT2D eigenvalue weighted by Crippen LogP contribution is -2.65. The number of ether oxygens (including phenoxy) is 4. The zero-order valence-electron chi connectivity index (χ0n) is 30.6. The van der Waals surface area contributed by atoms with Crippen molar-refractivity contribution >= 4 is 5.97 Å². The first-order chi connectivity index (χ1) is 23.5. The summed E-state index contributed by atoms with van der Waals surface area (Å²) >= 11 is 0. The van der Waals surface area contributed by atoms with E-state index in [9.17, 15) is 28.2 Å². The van der Waals surface area contributed by atoms with Crippen LogP contribution in [-0.2, 0) is 30.2 Å². The molecule has 1 heterocycles. The van der Waals surface area contributed by atoms with Crippen LogP contribution in [0.1, 0.15) is 110 Å². The first-order valence-corrected chi connectivity index (χ1v) is 18.2. The van der Waals surface area contributed by atoms with Gasteiger partial charge in [-0.2, -0.15) is 22.0 Å². The number of alkyl halides is 5. The van der Waals surface area contributed by atoms with Crippen molar-refractivity contribution in [3.8, 4) is 0 Å². The summed E-state index contributed by atoms with van der Waals surface area (Å²) in [7, 11) is 0. The lowest BCUT2D eigenvalue weighted by atomic mass is 9.49. The Morgan fingerprint density at radius 3 is 2.20 bits per heavy atom. The van der Waals surface area contributed by atoms with E-state index in [0.717, 1.165) is 22.3 Å². The Morgan fingerprint density at radius 2 is 1.59 bits per heavy atom. The quantitative estimate of drug-likeness (QED) is 0.128. The standard InChI is InChI=1S/C39H53F5O7/c1-32(2,3)51-30(45)20-48-18-14-24-7-9-25(10-8-24)27-19-34(6)28(13-17-37(34,47)38(40,41)39(42,43)44)26-11-15-35(46)21-36(16-12-29(35)31(26)27)49-22-33(4,5)23-50-36/h7-10,26-28,46-47H,11-23H2,1-6H3/t26-,27+,28-,34-,35+,37-/m0/s1. The topological polar surface area (TPSA) is 94.5 Å². The van der Waals surface area contributed by atoms with Crippen LogP contribution in [0.5, 0.6) is 0 Å². The summed E-state index contributed by atoms with van der Waals surface area (Å²) in [4.78, 5) is 12.0. The molecule has 3 saturated carbocycles. The van der Waals surface area contributed by atoms with Crippen molar-refractivity contribution in [1.29, 1.82) is 0 Å². The van der Waals surface area contributed by atoms with Gasteiger partial charge in [0.05, 0.1) is 25.4 Å². The van der Waals surface area contributed by atoms with E-state index < -0.39 is 64.3 Å². The first kappa shape index (κ1) is 38.6.